The highest BCUT2D eigenvalue weighted by Gasteiger charge is 2.61. The van der Waals surface area contributed by atoms with Crippen LogP contribution in [-0.4, -0.2) is 5.97 Å². The third kappa shape index (κ3) is 3.50. The van der Waals surface area contributed by atoms with E-state index >= 15 is 0 Å². The van der Waals surface area contributed by atoms with Crippen LogP contribution in [0, 0.1) is 23.1 Å². The summed E-state index contributed by atoms with van der Waals surface area (Å²) in [5.74, 6) is -0.562. The van der Waals surface area contributed by atoms with Gasteiger partial charge >= 0.3 is 5.97 Å². The van der Waals surface area contributed by atoms with Gasteiger partial charge in [0.15, 0.2) is 0 Å². The first kappa shape index (κ1) is 15.7. The van der Waals surface area contributed by atoms with Gasteiger partial charge in [-0.25, -0.2) is 4.39 Å². The number of carbonyl (C=O) groups excluding carboxylic acids is 1. The first-order valence-electron chi connectivity index (χ1n) is 6.26. The lowest BCUT2D eigenvalue weighted by Crippen LogP contribution is -2.10. The Morgan fingerprint density at radius 1 is 1.45 bits per heavy atom. The number of ether oxygens (including phenoxy) is 1. The molecule has 0 N–H and O–H groups in total. The number of hydrogen-bond donors (Lipinski definition) is 0. The van der Waals surface area contributed by atoms with E-state index in [0.29, 0.717) is 5.56 Å². The van der Waals surface area contributed by atoms with Crippen LogP contribution in [0.25, 0.3) is 0 Å². The summed E-state index contributed by atoms with van der Waals surface area (Å²) in [5, 5.41) is 0. The summed E-state index contributed by atoms with van der Waals surface area (Å²) in [6.45, 7) is 4.17. The number of rotatable bonds is 4. The van der Waals surface area contributed by atoms with E-state index in [1.807, 2.05) is 19.9 Å². The zero-order chi connectivity index (χ0) is 14.9. The van der Waals surface area contributed by atoms with Crippen molar-refractivity contribution in [3.05, 3.63) is 45.1 Å². The number of benzene rings is 1. The molecule has 0 aliphatic heterocycles. The van der Waals surface area contributed by atoms with Gasteiger partial charge < -0.3 is 4.74 Å². The van der Waals surface area contributed by atoms with Crippen LogP contribution in [0.3, 0.4) is 0 Å². The monoisotopic (exact) mass is 404 g/mol. The lowest BCUT2D eigenvalue weighted by molar-refractivity contribution is -0.147. The smallest absolute Gasteiger partial charge is 0.310 e. The van der Waals surface area contributed by atoms with Crippen molar-refractivity contribution < 1.29 is 13.9 Å². The number of hydrogen-bond acceptors (Lipinski definition) is 2. The molecule has 0 unspecified atom stereocenters. The predicted octanol–water partition coefficient (Wildman–Crippen LogP) is 4.77. The van der Waals surface area contributed by atoms with Crippen LogP contribution in [0.5, 0.6) is 0 Å². The van der Waals surface area contributed by atoms with Crippen molar-refractivity contribution in [1.82, 2.24) is 0 Å². The van der Waals surface area contributed by atoms with Gasteiger partial charge in [0.05, 0.1) is 9.31 Å². The molecule has 2 nitrogen and oxygen atoms in total. The average molecular weight is 406 g/mol. The van der Waals surface area contributed by atoms with Gasteiger partial charge in [-0.3, -0.25) is 4.79 Å². The van der Waals surface area contributed by atoms with E-state index in [1.165, 1.54) is 12.1 Å². The van der Waals surface area contributed by atoms with Crippen LogP contribution < -0.4 is 0 Å². The Hall–Kier alpha value is -0.680. The molecule has 0 spiro atoms. The fraction of sp³-hybridized carbons (Fsp3) is 0.400. The zero-order valence-electron chi connectivity index (χ0n) is 11.2. The zero-order valence-corrected chi connectivity index (χ0v) is 14.4. The maximum absolute atomic E-state index is 13.0. The lowest BCUT2D eigenvalue weighted by Gasteiger charge is -2.06. The Labute approximate surface area is 134 Å². The Bertz CT molecular complexity index is 551. The Balaban J connectivity index is 1.95. The normalized spacial score (nSPS) is 23.1. The van der Waals surface area contributed by atoms with Crippen LogP contribution in [-0.2, 0) is 16.1 Å². The Morgan fingerprint density at radius 3 is 2.75 bits per heavy atom. The minimum Gasteiger partial charge on any atom is -0.461 e. The first-order valence-corrected chi connectivity index (χ1v) is 7.85. The quantitative estimate of drug-likeness (QED) is 0.674. The molecule has 5 heteroatoms. The van der Waals surface area contributed by atoms with Gasteiger partial charge in [-0.05, 0) is 60.9 Å². The minimum atomic E-state index is -0.325. The summed E-state index contributed by atoms with van der Waals surface area (Å²) in [5.41, 5.74) is 0.553. The van der Waals surface area contributed by atoms with Crippen LogP contribution in [0.15, 0.2) is 33.7 Å². The molecular formula is C15H15Br2FO2. The number of allylic oxidation sites excluding steroid dienone is 1. The SMILES string of the molecule is CC1(C)[C@H](C=C(Br)Br)[C@H]1C(=O)OCc1cccc(F)c1. The second kappa shape index (κ2) is 5.98. The van der Waals surface area contributed by atoms with Crippen molar-refractivity contribution >= 4 is 37.8 Å². The third-order valence-electron chi connectivity index (χ3n) is 3.74. The molecule has 0 bridgehead atoms. The molecule has 0 radical (unpaired) electrons. The molecule has 0 aromatic heterocycles. The van der Waals surface area contributed by atoms with Crippen molar-refractivity contribution in [3.63, 3.8) is 0 Å². The molecule has 1 aromatic rings. The van der Waals surface area contributed by atoms with E-state index in [0.717, 1.165) is 3.39 Å². The highest BCUT2D eigenvalue weighted by atomic mass is 79.9. The summed E-state index contributed by atoms with van der Waals surface area (Å²) in [4.78, 5) is 12.1. The molecule has 20 heavy (non-hydrogen) atoms. The van der Waals surface area contributed by atoms with Crippen molar-refractivity contribution in [2.75, 3.05) is 0 Å². The van der Waals surface area contributed by atoms with Gasteiger partial charge in [0, 0.05) is 0 Å². The summed E-state index contributed by atoms with van der Waals surface area (Å²) in [6.07, 6.45) is 1.97. The third-order valence-corrected chi connectivity index (χ3v) is 4.27. The molecule has 1 fully saturated rings. The number of carbonyl (C=O) groups is 1. The van der Waals surface area contributed by atoms with Crippen LogP contribution >= 0.6 is 31.9 Å². The maximum Gasteiger partial charge on any atom is 0.310 e. The first-order chi connectivity index (χ1) is 9.32. The second-order valence-electron chi connectivity index (χ2n) is 5.52. The van der Waals surface area contributed by atoms with Crippen LogP contribution in [0.1, 0.15) is 19.4 Å². The average Bonchev–Trinajstić information content (AvgIpc) is 2.87. The molecule has 1 aliphatic carbocycles. The predicted molar refractivity (Wildman–Crippen MR) is 82.9 cm³/mol. The second-order valence-corrected chi connectivity index (χ2v) is 8.29. The summed E-state index contributed by atoms with van der Waals surface area (Å²) >= 11 is 6.62. The number of esters is 1. The van der Waals surface area contributed by atoms with E-state index in [9.17, 15) is 9.18 Å². The Kier molecular flexibility index (Phi) is 4.69. The fourth-order valence-corrected chi connectivity index (χ4v) is 3.02. The summed E-state index contributed by atoms with van der Waals surface area (Å²) in [7, 11) is 0. The Morgan fingerprint density at radius 2 is 2.15 bits per heavy atom. The van der Waals surface area contributed by atoms with Gasteiger partial charge in [0.2, 0.25) is 0 Å². The van der Waals surface area contributed by atoms with Gasteiger partial charge in [0.25, 0.3) is 0 Å². The molecule has 0 saturated heterocycles. The van der Waals surface area contributed by atoms with Gasteiger partial charge in [-0.2, -0.15) is 0 Å². The van der Waals surface area contributed by atoms with E-state index in [4.69, 9.17) is 4.74 Å². The van der Waals surface area contributed by atoms with Crippen molar-refractivity contribution in [2.24, 2.45) is 17.3 Å². The fourth-order valence-electron chi connectivity index (χ4n) is 2.45. The molecule has 1 aliphatic rings. The van der Waals surface area contributed by atoms with Gasteiger partial charge in [-0.15, -0.1) is 0 Å². The highest BCUT2D eigenvalue weighted by molar-refractivity contribution is 9.28. The summed E-state index contributed by atoms with van der Waals surface area (Å²) in [6, 6.07) is 6.08. The highest BCUT2D eigenvalue weighted by Crippen LogP contribution is 2.60. The van der Waals surface area contributed by atoms with Gasteiger partial charge in [-0.1, -0.05) is 32.1 Å². The van der Waals surface area contributed by atoms with Crippen LogP contribution in [0.4, 0.5) is 4.39 Å². The topological polar surface area (TPSA) is 26.3 Å². The lowest BCUT2D eigenvalue weighted by atomic mass is 10.1. The maximum atomic E-state index is 13.0. The van der Waals surface area contributed by atoms with Crippen LogP contribution in [0.2, 0.25) is 0 Å². The molecule has 2 atom stereocenters. The summed E-state index contributed by atoms with van der Waals surface area (Å²) < 4.78 is 19.2. The van der Waals surface area contributed by atoms with Crippen molar-refractivity contribution in [2.45, 2.75) is 20.5 Å². The van der Waals surface area contributed by atoms with Crippen molar-refractivity contribution in [1.29, 1.82) is 0 Å². The molecule has 2 rings (SSSR count). The van der Waals surface area contributed by atoms with E-state index < -0.39 is 0 Å². The molecule has 0 amide bonds. The number of halogens is 3. The standard InChI is InChI=1S/C15H15Br2FO2/c1-15(2)11(7-12(16)17)13(15)14(19)20-8-9-4-3-5-10(18)6-9/h3-7,11,13H,8H2,1-2H3/t11-,13+/m1/s1. The van der Waals surface area contributed by atoms with E-state index in [-0.39, 0.29) is 35.6 Å². The molecule has 1 saturated carbocycles. The molecule has 1 aromatic carbocycles. The van der Waals surface area contributed by atoms with E-state index in [2.05, 4.69) is 31.9 Å². The minimum absolute atomic E-state index is 0.105. The molecule has 108 valence electrons. The van der Waals surface area contributed by atoms with Gasteiger partial charge in [0.1, 0.15) is 12.4 Å². The van der Waals surface area contributed by atoms with Crippen molar-refractivity contribution in [3.8, 4) is 0 Å². The van der Waals surface area contributed by atoms with E-state index in [1.54, 1.807) is 12.1 Å². The largest absolute Gasteiger partial charge is 0.461 e. The molecular weight excluding hydrogens is 391 g/mol. The molecule has 0 heterocycles.